The summed E-state index contributed by atoms with van der Waals surface area (Å²) in [6.45, 7) is 2.57. The van der Waals surface area contributed by atoms with Crippen LogP contribution in [0.15, 0.2) is 0 Å². The molecule has 0 aliphatic carbocycles. The molecule has 4 nitrogen and oxygen atoms in total. The van der Waals surface area contributed by atoms with E-state index in [4.69, 9.17) is 16.3 Å². The molecule has 1 aromatic rings. The molecule has 1 aliphatic heterocycles. The molecule has 2 heterocycles. The van der Waals surface area contributed by atoms with E-state index in [0.717, 1.165) is 37.9 Å². The molecule has 0 spiro atoms. The highest BCUT2D eigenvalue weighted by Gasteiger charge is 2.16. The van der Waals surface area contributed by atoms with Gasteiger partial charge in [-0.15, -0.1) is 0 Å². The second-order valence-corrected chi connectivity index (χ2v) is 3.90. The molecule has 0 bridgehead atoms. The van der Waals surface area contributed by atoms with Gasteiger partial charge in [0.1, 0.15) is 0 Å². The standard InChI is InChI=1S/C7H10ClN3OS/c8-6-7(11-13-10-6)9-3-5-1-2-12-4-5/h5H,1-4H2,(H,9,11). The second kappa shape index (κ2) is 4.21. The summed E-state index contributed by atoms with van der Waals surface area (Å²) in [5.41, 5.74) is 0. The van der Waals surface area contributed by atoms with Crippen molar-refractivity contribution in [3.8, 4) is 0 Å². The van der Waals surface area contributed by atoms with Crippen molar-refractivity contribution in [1.82, 2.24) is 8.75 Å². The van der Waals surface area contributed by atoms with Gasteiger partial charge in [-0.1, -0.05) is 11.6 Å². The number of halogens is 1. The highest BCUT2D eigenvalue weighted by Crippen LogP contribution is 2.19. The number of nitrogens with one attached hydrogen (secondary N) is 1. The van der Waals surface area contributed by atoms with Crippen molar-refractivity contribution in [2.24, 2.45) is 5.92 Å². The van der Waals surface area contributed by atoms with E-state index in [1.807, 2.05) is 0 Å². The van der Waals surface area contributed by atoms with Gasteiger partial charge in [0.2, 0.25) is 0 Å². The fourth-order valence-electron chi connectivity index (χ4n) is 1.27. The average Bonchev–Trinajstić information content (AvgIpc) is 2.72. The number of hydrogen-bond donors (Lipinski definition) is 1. The van der Waals surface area contributed by atoms with Crippen molar-refractivity contribution in [1.29, 1.82) is 0 Å². The average molecular weight is 220 g/mol. The Morgan fingerprint density at radius 3 is 3.15 bits per heavy atom. The van der Waals surface area contributed by atoms with Gasteiger partial charge in [0.25, 0.3) is 0 Å². The van der Waals surface area contributed by atoms with E-state index in [9.17, 15) is 0 Å². The molecule has 0 amide bonds. The zero-order valence-corrected chi connectivity index (χ0v) is 8.57. The molecule has 1 aliphatic rings. The van der Waals surface area contributed by atoms with E-state index >= 15 is 0 Å². The van der Waals surface area contributed by atoms with Gasteiger partial charge in [0.05, 0.1) is 18.3 Å². The minimum atomic E-state index is 0.462. The molecular formula is C7H10ClN3OS. The van der Waals surface area contributed by atoms with Crippen LogP contribution in [-0.2, 0) is 4.74 Å². The van der Waals surface area contributed by atoms with Crippen molar-refractivity contribution >= 4 is 29.1 Å². The molecule has 1 aromatic heterocycles. The lowest BCUT2D eigenvalue weighted by Gasteiger charge is -2.07. The van der Waals surface area contributed by atoms with Crippen molar-refractivity contribution in [3.63, 3.8) is 0 Å². The molecule has 6 heteroatoms. The van der Waals surface area contributed by atoms with E-state index < -0.39 is 0 Å². The Labute approximate surface area is 85.6 Å². The minimum Gasteiger partial charge on any atom is -0.381 e. The molecule has 1 unspecified atom stereocenters. The Bertz CT molecular complexity index is 274. The van der Waals surface area contributed by atoms with Crippen molar-refractivity contribution in [2.75, 3.05) is 25.1 Å². The number of aromatic nitrogens is 2. The first kappa shape index (κ1) is 9.18. The lowest BCUT2D eigenvalue weighted by atomic mass is 10.1. The van der Waals surface area contributed by atoms with Crippen LogP contribution in [0.3, 0.4) is 0 Å². The van der Waals surface area contributed by atoms with Gasteiger partial charge in [-0.05, 0) is 6.42 Å². The van der Waals surface area contributed by atoms with Crippen LogP contribution in [0, 0.1) is 5.92 Å². The van der Waals surface area contributed by atoms with Gasteiger partial charge >= 0.3 is 0 Å². The molecule has 1 atom stereocenters. The fraction of sp³-hybridized carbons (Fsp3) is 0.714. The maximum Gasteiger partial charge on any atom is 0.186 e. The van der Waals surface area contributed by atoms with Crippen LogP contribution >= 0.6 is 23.3 Å². The quantitative estimate of drug-likeness (QED) is 0.840. The van der Waals surface area contributed by atoms with Gasteiger partial charge < -0.3 is 10.1 Å². The Morgan fingerprint density at radius 1 is 1.62 bits per heavy atom. The van der Waals surface area contributed by atoms with E-state index in [0.29, 0.717) is 16.9 Å². The number of anilines is 1. The van der Waals surface area contributed by atoms with Gasteiger partial charge in [0, 0.05) is 19.1 Å². The van der Waals surface area contributed by atoms with Gasteiger partial charge in [-0.3, -0.25) is 0 Å². The Kier molecular flexibility index (Phi) is 2.97. The molecule has 1 saturated heterocycles. The van der Waals surface area contributed by atoms with Crippen molar-refractivity contribution < 1.29 is 4.74 Å². The first-order valence-corrected chi connectivity index (χ1v) is 5.27. The normalized spacial score (nSPS) is 22.1. The topological polar surface area (TPSA) is 47.0 Å². The van der Waals surface area contributed by atoms with Crippen molar-refractivity contribution in [3.05, 3.63) is 5.15 Å². The monoisotopic (exact) mass is 219 g/mol. The molecular weight excluding hydrogens is 210 g/mol. The summed E-state index contributed by atoms with van der Waals surface area (Å²) >= 11 is 6.89. The fourth-order valence-corrected chi connectivity index (χ4v) is 1.95. The van der Waals surface area contributed by atoms with Crippen LogP contribution in [0.5, 0.6) is 0 Å². The van der Waals surface area contributed by atoms with Gasteiger partial charge in [-0.25, -0.2) is 0 Å². The molecule has 0 saturated carbocycles. The van der Waals surface area contributed by atoms with Crippen molar-refractivity contribution in [2.45, 2.75) is 6.42 Å². The first-order valence-electron chi connectivity index (χ1n) is 4.16. The van der Waals surface area contributed by atoms with Crippen LogP contribution in [0.25, 0.3) is 0 Å². The summed E-state index contributed by atoms with van der Waals surface area (Å²) in [5.74, 6) is 1.27. The van der Waals surface area contributed by atoms with E-state index in [1.165, 1.54) is 0 Å². The number of hydrogen-bond acceptors (Lipinski definition) is 5. The largest absolute Gasteiger partial charge is 0.381 e. The number of rotatable bonds is 3. The predicted octanol–water partition coefficient (Wildman–Crippen LogP) is 1.64. The van der Waals surface area contributed by atoms with Crippen LogP contribution in [0.2, 0.25) is 5.15 Å². The zero-order valence-electron chi connectivity index (χ0n) is 6.99. The third kappa shape index (κ3) is 2.30. The number of nitrogens with zero attached hydrogens (tertiary/aromatic N) is 2. The molecule has 72 valence electrons. The zero-order chi connectivity index (χ0) is 9.10. The SMILES string of the molecule is Clc1nsnc1NCC1CCOC1. The summed E-state index contributed by atoms with van der Waals surface area (Å²) in [4.78, 5) is 0. The predicted molar refractivity (Wildman–Crippen MR) is 52.3 cm³/mol. The second-order valence-electron chi connectivity index (χ2n) is 3.01. The summed E-state index contributed by atoms with van der Waals surface area (Å²) in [7, 11) is 0. The molecule has 0 aromatic carbocycles. The smallest absolute Gasteiger partial charge is 0.186 e. The highest BCUT2D eigenvalue weighted by atomic mass is 35.5. The van der Waals surface area contributed by atoms with Crippen LogP contribution in [0.4, 0.5) is 5.82 Å². The Morgan fingerprint density at radius 2 is 2.54 bits per heavy atom. The molecule has 1 N–H and O–H groups in total. The molecule has 13 heavy (non-hydrogen) atoms. The van der Waals surface area contributed by atoms with E-state index in [2.05, 4.69) is 14.1 Å². The van der Waals surface area contributed by atoms with E-state index in [-0.39, 0.29) is 0 Å². The van der Waals surface area contributed by atoms with Gasteiger partial charge in [-0.2, -0.15) is 8.75 Å². The molecule has 2 rings (SSSR count). The minimum absolute atomic E-state index is 0.462. The van der Waals surface area contributed by atoms with Gasteiger partial charge in [0.15, 0.2) is 11.0 Å². The summed E-state index contributed by atoms with van der Waals surface area (Å²) < 4.78 is 13.1. The highest BCUT2D eigenvalue weighted by molar-refractivity contribution is 6.99. The lowest BCUT2D eigenvalue weighted by molar-refractivity contribution is 0.187. The van der Waals surface area contributed by atoms with Crippen LogP contribution in [-0.4, -0.2) is 28.5 Å². The maximum atomic E-state index is 5.77. The third-order valence-electron chi connectivity index (χ3n) is 2.03. The lowest BCUT2D eigenvalue weighted by Crippen LogP contribution is -2.14. The molecule has 1 fully saturated rings. The molecule has 0 radical (unpaired) electrons. The Balaban J connectivity index is 1.82. The van der Waals surface area contributed by atoms with Crippen LogP contribution < -0.4 is 5.32 Å². The van der Waals surface area contributed by atoms with E-state index in [1.54, 1.807) is 0 Å². The number of ether oxygens (including phenoxy) is 1. The van der Waals surface area contributed by atoms with Crippen LogP contribution in [0.1, 0.15) is 6.42 Å². The first-order chi connectivity index (χ1) is 6.36. The Hall–Kier alpha value is -0.390. The summed E-state index contributed by atoms with van der Waals surface area (Å²) in [6.07, 6.45) is 1.11. The maximum absolute atomic E-state index is 5.77. The summed E-state index contributed by atoms with van der Waals surface area (Å²) in [5, 5.41) is 3.62. The third-order valence-corrected chi connectivity index (χ3v) is 2.92. The summed E-state index contributed by atoms with van der Waals surface area (Å²) in [6, 6.07) is 0.